The van der Waals surface area contributed by atoms with E-state index in [9.17, 15) is 9.59 Å². The third-order valence-electron chi connectivity index (χ3n) is 3.35. The van der Waals surface area contributed by atoms with Crippen LogP contribution in [0.5, 0.6) is 11.5 Å². The van der Waals surface area contributed by atoms with Gasteiger partial charge in [0.05, 0.1) is 5.56 Å². The van der Waals surface area contributed by atoms with Crippen molar-refractivity contribution < 1.29 is 23.8 Å². The number of carbonyl (C=O) groups excluding carboxylic acids is 2. The molecule has 0 saturated heterocycles. The van der Waals surface area contributed by atoms with Crippen LogP contribution in [0.15, 0.2) is 42.5 Å². The minimum Gasteiger partial charge on any atom is -0.454 e. The van der Waals surface area contributed by atoms with Crippen LogP contribution in [0.2, 0.25) is 0 Å². The van der Waals surface area contributed by atoms with E-state index in [1.807, 2.05) is 34.7 Å². The molecule has 0 unspecified atom stereocenters. The van der Waals surface area contributed by atoms with E-state index in [4.69, 9.17) is 14.2 Å². The van der Waals surface area contributed by atoms with Gasteiger partial charge < -0.3 is 19.5 Å². The van der Waals surface area contributed by atoms with Crippen LogP contribution < -0.4 is 14.8 Å². The second kappa shape index (κ2) is 7.52. The Bertz CT molecular complexity index is 777. The van der Waals surface area contributed by atoms with Crippen LogP contribution >= 0.6 is 22.6 Å². The first-order valence-corrected chi connectivity index (χ1v) is 8.28. The van der Waals surface area contributed by atoms with Gasteiger partial charge >= 0.3 is 5.97 Å². The highest BCUT2D eigenvalue weighted by Gasteiger charge is 2.15. The minimum atomic E-state index is -0.516. The smallest absolute Gasteiger partial charge is 0.339 e. The highest BCUT2D eigenvalue weighted by molar-refractivity contribution is 14.1. The first-order chi connectivity index (χ1) is 11.6. The van der Waals surface area contributed by atoms with Gasteiger partial charge in [-0.05, 0) is 52.4 Å². The Morgan fingerprint density at radius 3 is 2.75 bits per heavy atom. The summed E-state index contributed by atoms with van der Waals surface area (Å²) in [6, 6.07) is 12.5. The molecule has 0 fully saturated rings. The van der Waals surface area contributed by atoms with E-state index >= 15 is 0 Å². The quantitative estimate of drug-likeness (QED) is 0.573. The Kier molecular flexibility index (Phi) is 5.19. The van der Waals surface area contributed by atoms with Crippen LogP contribution in [-0.2, 0) is 16.1 Å². The van der Waals surface area contributed by atoms with E-state index in [1.54, 1.807) is 30.3 Å². The number of amides is 1. The summed E-state index contributed by atoms with van der Waals surface area (Å²) in [5.74, 6) is 0.466. The number of esters is 1. The van der Waals surface area contributed by atoms with Gasteiger partial charge in [-0.25, -0.2) is 4.79 Å². The molecular formula is C17H14INO5. The molecule has 1 aliphatic rings. The lowest BCUT2D eigenvalue weighted by Crippen LogP contribution is -2.28. The number of fused-ring (bicyclic) bond motifs is 1. The molecule has 0 atom stereocenters. The standard InChI is InChI=1S/C17H14INO5/c18-13-4-2-1-3-12(13)17(21)22-9-16(20)19-8-11-5-6-14-15(7-11)24-10-23-14/h1-7H,8-10H2,(H,19,20). The van der Waals surface area contributed by atoms with Gasteiger partial charge in [0, 0.05) is 10.1 Å². The molecule has 2 aromatic carbocycles. The molecule has 3 rings (SSSR count). The van der Waals surface area contributed by atoms with Gasteiger partial charge in [-0.15, -0.1) is 0 Å². The number of hydrogen-bond acceptors (Lipinski definition) is 5. The number of hydrogen-bond donors (Lipinski definition) is 1. The summed E-state index contributed by atoms with van der Waals surface area (Å²) in [6.07, 6.45) is 0. The molecule has 1 aliphatic heterocycles. The fourth-order valence-electron chi connectivity index (χ4n) is 2.14. The van der Waals surface area contributed by atoms with Crippen LogP contribution in [0.4, 0.5) is 0 Å². The molecule has 0 aromatic heterocycles. The summed E-state index contributed by atoms with van der Waals surface area (Å²) < 4.78 is 16.3. The Hall–Kier alpha value is -2.29. The first kappa shape index (κ1) is 16.6. The van der Waals surface area contributed by atoms with Gasteiger partial charge in [-0.3, -0.25) is 4.79 Å². The number of nitrogens with one attached hydrogen (secondary N) is 1. The maximum absolute atomic E-state index is 11.9. The van der Waals surface area contributed by atoms with Crippen molar-refractivity contribution in [2.75, 3.05) is 13.4 Å². The third-order valence-corrected chi connectivity index (χ3v) is 4.30. The molecule has 1 amide bonds. The average molecular weight is 439 g/mol. The third kappa shape index (κ3) is 3.97. The predicted octanol–water partition coefficient (Wildman–Crippen LogP) is 2.49. The molecule has 1 N–H and O–H groups in total. The van der Waals surface area contributed by atoms with Crippen molar-refractivity contribution in [3.63, 3.8) is 0 Å². The Labute approximate surface area is 152 Å². The minimum absolute atomic E-state index is 0.208. The lowest BCUT2D eigenvalue weighted by Gasteiger charge is -2.08. The summed E-state index contributed by atoms with van der Waals surface area (Å²) in [7, 11) is 0. The zero-order chi connectivity index (χ0) is 16.9. The molecule has 0 bridgehead atoms. The first-order valence-electron chi connectivity index (χ1n) is 7.20. The van der Waals surface area contributed by atoms with E-state index in [0.29, 0.717) is 23.6 Å². The van der Waals surface area contributed by atoms with E-state index in [0.717, 1.165) is 9.13 Å². The fourth-order valence-corrected chi connectivity index (χ4v) is 2.75. The van der Waals surface area contributed by atoms with Gasteiger partial charge in [-0.2, -0.15) is 0 Å². The fraction of sp³-hybridized carbons (Fsp3) is 0.176. The highest BCUT2D eigenvalue weighted by atomic mass is 127. The number of rotatable bonds is 5. The van der Waals surface area contributed by atoms with Crippen molar-refractivity contribution in [3.8, 4) is 11.5 Å². The van der Waals surface area contributed by atoms with Crippen LogP contribution in [0.3, 0.4) is 0 Å². The van der Waals surface area contributed by atoms with Gasteiger partial charge in [0.15, 0.2) is 18.1 Å². The number of halogens is 1. The summed E-state index contributed by atoms with van der Waals surface area (Å²) in [5.41, 5.74) is 1.32. The van der Waals surface area contributed by atoms with Crippen molar-refractivity contribution in [1.82, 2.24) is 5.32 Å². The lowest BCUT2D eigenvalue weighted by molar-refractivity contribution is -0.124. The maximum Gasteiger partial charge on any atom is 0.339 e. The molecule has 0 spiro atoms. The molecule has 1 heterocycles. The summed E-state index contributed by atoms with van der Waals surface area (Å²) in [4.78, 5) is 23.8. The largest absolute Gasteiger partial charge is 0.454 e. The topological polar surface area (TPSA) is 73.9 Å². The van der Waals surface area contributed by atoms with Crippen LogP contribution in [0.1, 0.15) is 15.9 Å². The van der Waals surface area contributed by atoms with Gasteiger partial charge in [0.25, 0.3) is 5.91 Å². The van der Waals surface area contributed by atoms with E-state index in [1.165, 1.54) is 0 Å². The van der Waals surface area contributed by atoms with Crippen molar-refractivity contribution >= 4 is 34.5 Å². The Balaban J connectivity index is 1.48. The van der Waals surface area contributed by atoms with Crippen LogP contribution in [-0.4, -0.2) is 25.3 Å². The molecular weight excluding hydrogens is 425 g/mol. The maximum atomic E-state index is 11.9. The van der Waals surface area contributed by atoms with E-state index in [2.05, 4.69) is 5.32 Å². The summed E-state index contributed by atoms with van der Waals surface area (Å²) in [5, 5.41) is 2.70. The van der Waals surface area contributed by atoms with E-state index in [-0.39, 0.29) is 19.3 Å². The van der Waals surface area contributed by atoms with Gasteiger partial charge in [0.1, 0.15) is 0 Å². The van der Waals surface area contributed by atoms with Crippen molar-refractivity contribution in [1.29, 1.82) is 0 Å². The molecule has 6 nitrogen and oxygen atoms in total. The predicted molar refractivity (Wildman–Crippen MR) is 93.9 cm³/mol. The molecule has 124 valence electrons. The second-order valence-corrected chi connectivity index (χ2v) is 6.18. The second-order valence-electron chi connectivity index (χ2n) is 5.02. The molecule has 0 aliphatic carbocycles. The van der Waals surface area contributed by atoms with Crippen LogP contribution in [0, 0.1) is 3.57 Å². The zero-order valence-corrected chi connectivity index (χ0v) is 14.7. The molecule has 7 heteroatoms. The average Bonchev–Trinajstić information content (AvgIpc) is 3.06. The molecule has 2 aromatic rings. The number of carbonyl (C=O) groups is 2. The lowest BCUT2D eigenvalue weighted by atomic mass is 10.2. The SMILES string of the molecule is O=C(COC(=O)c1ccccc1I)NCc1ccc2c(c1)OCO2. The Morgan fingerprint density at radius 2 is 1.92 bits per heavy atom. The van der Waals surface area contributed by atoms with Gasteiger partial charge in [-0.1, -0.05) is 18.2 Å². The number of benzene rings is 2. The van der Waals surface area contributed by atoms with Gasteiger partial charge in [0.2, 0.25) is 6.79 Å². The number of ether oxygens (including phenoxy) is 3. The highest BCUT2D eigenvalue weighted by Crippen LogP contribution is 2.32. The zero-order valence-electron chi connectivity index (χ0n) is 12.6. The summed E-state index contributed by atoms with van der Waals surface area (Å²) in [6.45, 7) is 0.198. The monoisotopic (exact) mass is 439 g/mol. The Morgan fingerprint density at radius 1 is 1.12 bits per heavy atom. The van der Waals surface area contributed by atoms with E-state index < -0.39 is 5.97 Å². The van der Waals surface area contributed by atoms with Crippen molar-refractivity contribution in [2.45, 2.75) is 6.54 Å². The van der Waals surface area contributed by atoms with Crippen LogP contribution in [0.25, 0.3) is 0 Å². The van der Waals surface area contributed by atoms with Crippen molar-refractivity contribution in [3.05, 3.63) is 57.2 Å². The molecule has 0 radical (unpaired) electrons. The summed E-state index contributed by atoms with van der Waals surface area (Å²) >= 11 is 2.05. The normalized spacial score (nSPS) is 11.9. The molecule has 24 heavy (non-hydrogen) atoms. The van der Waals surface area contributed by atoms with Crippen molar-refractivity contribution in [2.24, 2.45) is 0 Å². The molecule has 0 saturated carbocycles.